The Morgan fingerprint density at radius 3 is 2.50 bits per heavy atom. The van der Waals surface area contributed by atoms with Crippen molar-refractivity contribution in [1.82, 2.24) is 10.2 Å². The molecule has 1 N–H and O–H groups in total. The fourth-order valence-electron chi connectivity index (χ4n) is 2.92. The minimum Gasteiger partial charge on any atom is -0.352 e. The lowest BCUT2D eigenvalue weighted by atomic mass is 9.95. The topological polar surface area (TPSA) is 49.4 Å². The second-order valence-electron chi connectivity index (χ2n) is 5.95. The van der Waals surface area contributed by atoms with Gasteiger partial charge in [-0.2, -0.15) is 13.2 Å². The third kappa shape index (κ3) is 4.04. The smallest absolute Gasteiger partial charge is 0.352 e. The summed E-state index contributed by atoms with van der Waals surface area (Å²) >= 11 is 0. The Morgan fingerprint density at radius 1 is 1.25 bits per heavy atom. The summed E-state index contributed by atoms with van der Waals surface area (Å²) in [5, 5.41) is 2.54. The van der Waals surface area contributed by atoms with Gasteiger partial charge in [0, 0.05) is 25.1 Å². The Kier molecular flexibility index (Phi) is 5.15. The van der Waals surface area contributed by atoms with Gasteiger partial charge in [0.15, 0.2) is 0 Å². The summed E-state index contributed by atoms with van der Waals surface area (Å²) in [6.07, 6.45) is -4.78. The Morgan fingerprint density at radius 2 is 1.92 bits per heavy atom. The predicted octanol–water partition coefficient (Wildman–Crippen LogP) is 2.81. The lowest BCUT2D eigenvalue weighted by Gasteiger charge is -2.40. The molecule has 2 rings (SSSR count). The van der Waals surface area contributed by atoms with Crippen LogP contribution in [-0.2, 0) is 4.79 Å². The monoisotopic (exact) mass is 346 g/mol. The number of benzene rings is 1. The van der Waals surface area contributed by atoms with Crippen molar-refractivity contribution in [1.29, 1.82) is 0 Å². The zero-order chi connectivity index (χ0) is 18.1. The second kappa shape index (κ2) is 6.78. The van der Waals surface area contributed by atoms with Crippen molar-refractivity contribution in [3.05, 3.63) is 35.1 Å². The van der Waals surface area contributed by atoms with Crippen molar-refractivity contribution in [2.75, 3.05) is 6.54 Å². The fraction of sp³-hybridized carbons (Fsp3) is 0.500. The Balaban J connectivity index is 2.33. The van der Waals surface area contributed by atoms with Gasteiger partial charge in [-0.3, -0.25) is 9.59 Å². The number of hydrogen-bond donors (Lipinski definition) is 1. The maximum atomic E-state index is 13.4. The van der Waals surface area contributed by atoms with Crippen LogP contribution >= 0.6 is 0 Å². The van der Waals surface area contributed by atoms with Crippen molar-refractivity contribution < 1.29 is 27.2 Å². The molecule has 132 valence electrons. The number of hydrogen-bond acceptors (Lipinski definition) is 2. The molecule has 0 radical (unpaired) electrons. The van der Waals surface area contributed by atoms with Crippen LogP contribution in [0.25, 0.3) is 0 Å². The molecule has 0 unspecified atom stereocenters. The van der Waals surface area contributed by atoms with E-state index in [0.29, 0.717) is 10.5 Å². The summed E-state index contributed by atoms with van der Waals surface area (Å²) < 4.78 is 53.2. The van der Waals surface area contributed by atoms with Gasteiger partial charge in [-0.25, -0.2) is 4.39 Å². The molecule has 1 fully saturated rings. The summed E-state index contributed by atoms with van der Waals surface area (Å²) in [7, 11) is 0. The highest BCUT2D eigenvalue weighted by molar-refractivity contribution is 5.96. The van der Waals surface area contributed by atoms with Crippen LogP contribution in [0.3, 0.4) is 0 Å². The highest BCUT2D eigenvalue weighted by Crippen LogP contribution is 2.33. The number of aryl methyl sites for hydroxylation is 1. The van der Waals surface area contributed by atoms with Gasteiger partial charge >= 0.3 is 6.18 Å². The summed E-state index contributed by atoms with van der Waals surface area (Å²) in [6, 6.07) is 0.925. The van der Waals surface area contributed by atoms with E-state index in [2.05, 4.69) is 5.32 Å². The van der Waals surface area contributed by atoms with Gasteiger partial charge in [-0.15, -0.1) is 0 Å². The maximum Gasteiger partial charge on any atom is 0.408 e. The predicted molar refractivity (Wildman–Crippen MR) is 78.9 cm³/mol. The summed E-state index contributed by atoms with van der Waals surface area (Å²) in [5.74, 6) is -1.95. The quantitative estimate of drug-likeness (QED) is 0.837. The number of nitrogens with one attached hydrogen (secondary N) is 1. The van der Waals surface area contributed by atoms with Crippen LogP contribution in [0.15, 0.2) is 18.2 Å². The van der Waals surface area contributed by atoms with Crippen LogP contribution in [0.2, 0.25) is 0 Å². The summed E-state index contributed by atoms with van der Waals surface area (Å²) in [5.41, 5.74) is 0.289. The number of carbonyl (C=O) groups excluding carboxylic acids is 2. The summed E-state index contributed by atoms with van der Waals surface area (Å²) in [4.78, 5) is 24.4. The molecule has 1 aliphatic heterocycles. The molecule has 0 saturated carbocycles. The van der Waals surface area contributed by atoms with E-state index in [0.717, 1.165) is 12.1 Å². The summed E-state index contributed by atoms with van der Waals surface area (Å²) in [6.45, 7) is 2.53. The number of rotatable bonds is 2. The van der Waals surface area contributed by atoms with E-state index in [9.17, 15) is 27.2 Å². The first-order valence-corrected chi connectivity index (χ1v) is 7.50. The third-order valence-corrected chi connectivity index (χ3v) is 4.06. The van der Waals surface area contributed by atoms with Crippen LogP contribution in [-0.4, -0.2) is 41.5 Å². The second-order valence-corrected chi connectivity index (χ2v) is 5.95. The van der Waals surface area contributed by atoms with Crippen molar-refractivity contribution in [2.45, 2.75) is 44.9 Å². The van der Waals surface area contributed by atoms with Gasteiger partial charge in [0.1, 0.15) is 11.9 Å². The van der Waals surface area contributed by atoms with E-state index >= 15 is 0 Å². The number of likely N-dealkylation sites (tertiary alicyclic amines) is 1. The Labute approximate surface area is 136 Å². The average molecular weight is 346 g/mol. The molecular formula is C16H18F4N2O2. The van der Waals surface area contributed by atoms with E-state index < -0.39 is 30.0 Å². The van der Waals surface area contributed by atoms with Crippen molar-refractivity contribution in [3.63, 3.8) is 0 Å². The molecule has 2 atom stereocenters. The molecule has 1 heterocycles. The highest BCUT2D eigenvalue weighted by atomic mass is 19.4. The van der Waals surface area contributed by atoms with Crippen LogP contribution in [0.1, 0.15) is 35.7 Å². The number of piperidine rings is 1. The first-order valence-electron chi connectivity index (χ1n) is 7.50. The van der Waals surface area contributed by atoms with E-state index in [4.69, 9.17) is 0 Å². The normalized spacial score (nSPS) is 21.5. The maximum absolute atomic E-state index is 13.4. The minimum atomic E-state index is -4.59. The SMILES string of the molecule is CC(=O)N[C@@H]1CC[C@H](C(F)(F)F)N(C(=O)c2cc(F)ccc2C)C1. The van der Waals surface area contributed by atoms with Gasteiger partial charge < -0.3 is 10.2 Å². The number of halogens is 4. The minimum absolute atomic E-state index is 0.104. The Hall–Kier alpha value is -2.12. The van der Waals surface area contributed by atoms with Crippen LogP contribution in [0.5, 0.6) is 0 Å². The van der Waals surface area contributed by atoms with E-state index in [1.807, 2.05) is 0 Å². The number of amides is 2. The van der Waals surface area contributed by atoms with Crippen LogP contribution < -0.4 is 5.32 Å². The van der Waals surface area contributed by atoms with Crippen molar-refractivity contribution >= 4 is 11.8 Å². The molecule has 0 aliphatic carbocycles. The molecule has 4 nitrogen and oxygen atoms in total. The Bertz CT molecular complexity index is 645. The first kappa shape index (κ1) is 18.2. The lowest BCUT2D eigenvalue weighted by molar-refractivity contribution is -0.184. The largest absolute Gasteiger partial charge is 0.408 e. The molecular weight excluding hydrogens is 328 g/mol. The lowest BCUT2D eigenvalue weighted by Crippen LogP contribution is -2.58. The molecule has 1 aromatic rings. The highest BCUT2D eigenvalue weighted by Gasteiger charge is 2.48. The molecule has 1 aromatic carbocycles. The van der Waals surface area contributed by atoms with E-state index in [1.54, 1.807) is 0 Å². The van der Waals surface area contributed by atoms with Gasteiger partial charge in [0.25, 0.3) is 5.91 Å². The molecule has 0 aromatic heterocycles. The first-order chi connectivity index (χ1) is 11.1. The average Bonchev–Trinajstić information content (AvgIpc) is 2.47. The van der Waals surface area contributed by atoms with Gasteiger partial charge in [0.05, 0.1) is 0 Å². The van der Waals surface area contributed by atoms with E-state index in [-0.39, 0.29) is 30.9 Å². The van der Waals surface area contributed by atoms with Crippen molar-refractivity contribution in [2.24, 2.45) is 0 Å². The third-order valence-electron chi connectivity index (χ3n) is 4.06. The number of nitrogens with zero attached hydrogens (tertiary/aromatic N) is 1. The fourth-order valence-corrected chi connectivity index (χ4v) is 2.92. The van der Waals surface area contributed by atoms with Crippen LogP contribution in [0, 0.1) is 12.7 Å². The number of alkyl halides is 3. The molecule has 1 saturated heterocycles. The molecule has 1 aliphatic rings. The molecule has 8 heteroatoms. The molecule has 0 spiro atoms. The van der Waals surface area contributed by atoms with Gasteiger partial charge in [-0.1, -0.05) is 6.07 Å². The zero-order valence-electron chi connectivity index (χ0n) is 13.3. The number of carbonyl (C=O) groups is 2. The molecule has 0 bridgehead atoms. The van der Waals surface area contributed by atoms with Crippen LogP contribution in [0.4, 0.5) is 17.6 Å². The standard InChI is InChI=1S/C16H18F4N2O2/c1-9-3-4-11(17)7-13(9)15(24)22-8-12(21-10(2)23)5-6-14(22)16(18,19)20/h3-4,7,12,14H,5-6,8H2,1-2H3,(H,21,23)/t12-,14-/m1/s1. The van der Waals surface area contributed by atoms with Gasteiger partial charge in [0.2, 0.25) is 5.91 Å². The van der Waals surface area contributed by atoms with Crippen molar-refractivity contribution in [3.8, 4) is 0 Å². The van der Waals surface area contributed by atoms with Gasteiger partial charge in [-0.05, 0) is 37.5 Å². The molecule has 24 heavy (non-hydrogen) atoms. The zero-order valence-corrected chi connectivity index (χ0v) is 13.3. The molecule has 2 amide bonds. The van der Waals surface area contributed by atoms with E-state index in [1.165, 1.54) is 19.9 Å².